The molecule has 1 unspecified atom stereocenters. The third kappa shape index (κ3) is 2.97. The monoisotopic (exact) mass is 204 g/mol. The SMILES string of the molecule is CC#CCC(NC)c1cccnc1OC. The molecule has 1 N–H and O–H groups in total. The van der Waals surface area contributed by atoms with Crippen LogP contribution in [0.25, 0.3) is 0 Å². The Morgan fingerprint density at radius 1 is 1.60 bits per heavy atom. The van der Waals surface area contributed by atoms with Crippen molar-refractivity contribution >= 4 is 0 Å². The highest BCUT2D eigenvalue weighted by atomic mass is 16.5. The summed E-state index contributed by atoms with van der Waals surface area (Å²) in [5.41, 5.74) is 1.05. The maximum atomic E-state index is 5.21. The second-order valence-electron chi connectivity index (χ2n) is 3.07. The van der Waals surface area contributed by atoms with E-state index in [1.807, 2.05) is 26.1 Å². The molecule has 1 aromatic rings. The molecule has 0 saturated carbocycles. The van der Waals surface area contributed by atoms with Crippen LogP contribution in [0.2, 0.25) is 0 Å². The highest BCUT2D eigenvalue weighted by molar-refractivity contribution is 5.29. The lowest BCUT2D eigenvalue weighted by molar-refractivity contribution is 0.385. The number of nitrogens with zero attached hydrogens (tertiary/aromatic N) is 1. The summed E-state index contributed by atoms with van der Waals surface area (Å²) in [4.78, 5) is 4.16. The van der Waals surface area contributed by atoms with Gasteiger partial charge in [-0.15, -0.1) is 11.8 Å². The summed E-state index contributed by atoms with van der Waals surface area (Å²) >= 11 is 0. The molecule has 0 amide bonds. The fourth-order valence-electron chi connectivity index (χ4n) is 1.41. The van der Waals surface area contributed by atoms with Gasteiger partial charge in [-0.2, -0.15) is 0 Å². The molecule has 0 aliphatic heterocycles. The van der Waals surface area contributed by atoms with E-state index in [4.69, 9.17) is 4.74 Å². The Kier molecular flexibility index (Phi) is 4.65. The van der Waals surface area contributed by atoms with Gasteiger partial charge in [0.05, 0.1) is 7.11 Å². The van der Waals surface area contributed by atoms with Crippen molar-refractivity contribution in [2.24, 2.45) is 0 Å². The van der Waals surface area contributed by atoms with E-state index in [-0.39, 0.29) is 6.04 Å². The van der Waals surface area contributed by atoms with E-state index >= 15 is 0 Å². The van der Waals surface area contributed by atoms with Crippen LogP contribution in [0, 0.1) is 11.8 Å². The van der Waals surface area contributed by atoms with Crippen LogP contribution >= 0.6 is 0 Å². The lowest BCUT2D eigenvalue weighted by Gasteiger charge is -2.15. The molecule has 0 fully saturated rings. The van der Waals surface area contributed by atoms with Crippen LogP contribution < -0.4 is 10.1 Å². The Morgan fingerprint density at radius 2 is 2.40 bits per heavy atom. The Labute approximate surface area is 90.9 Å². The van der Waals surface area contributed by atoms with Gasteiger partial charge in [-0.25, -0.2) is 4.98 Å². The van der Waals surface area contributed by atoms with E-state index in [2.05, 4.69) is 22.1 Å². The van der Waals surface area contributed by atoms with Gasteiger partial charge in [0.2, 0.25) is 5.88 Å². The topological polar surface area (TPSA) is 34.2 Å². The van der Waals surface area contributed by atoms with Gasteiger partial charge < -0.3 is 10.1 Å². The fourth-order valence-corrected chi connectivity index (χ4v) is 1.41. The Hall–Kier alpha value is -1.53. The van der Waals surface area contributed by atoms with Crippen molar-refractivity contribution < 1.29 is 4.74 Å². The maximum Gasteiger partial charge on any atom is 0.217 e. The largest absolute Gasteiger partial charge is 0.481 e. The third-order valence-corrected chi connectivity index (χ3v) is 2.20. The van der Waals surface area contributed by atoms with Crippen molar-refractivity contribution in [2.75, 3.05) is 14.2 Å². The number of nitrogens with one attached hydrogen (secondary N) is 1. The molecule has 80 valence electrons. The van der Waals surface area contributed by atoms with Crippen LogP contribution in [0.4, 0.5) is 0 Å². The van der Waals surface area contributed by atoms with Gasteiger partial charge in [-0.3, -0.25) is 0 Å². The molecule has 3 nitrogen and oxygen atoms in total. The molecular weight excluding hydrogens is 188 g/mol. The van der Waals surface area contributed by atoms with Crippen LogP contribution in [-0.2, 0) is 0 Å². The summed E-state index contributed by atoms with van der Waals surface area (Å²) in [6.07, 6.45) is 2.48. The van der Waals surface area contributed by atoms with Gasteiger partial charge in [-0.05, 0) is 20.0 Å². The number of aromatic nitrogens is 1. The highest BCUT2D eigenvalue weighted by Crippen LogP contribution is 2.23. The minimum atomic E-state index is 0.168. The number of ether oxygens (including phenoxy) is 1. The average molecular weight is 204 g/mol. The normalized spacial score (nSPS) is 11.4. The first-order valence-electron chi connectivity index (χ1n) is 4.89. The molecule has 0 radical (unpaired) electrons. The Balaban J connectivity index is 2.93. The van der Waals surface area contributed by atoms with Gasteiger partial charge in [-0.1, -0.05) is 6.07 Å². The summed E-state index contributed by atoms with van der Waals surface area (Å²) in [7, 11) is 3.54. The first-order chi connectivity index (χ1) is 7.33. The Bertz CT molecular complexity index is 365. The summed E-state index contributed by atoms with van der Waals surface area (Å²) in [5.74, 6) is 6.60. The lowest BCUT2D eigenvalue weighted by atomic mass is 10.1. The van der Waals surface area contributed by atoms with Gasteiger partial charge >= 0.3 is 0 Å². The number of pyridine rings is 1. The predicted molar refractivity (Wildman–Crippen MR) is 60.7 cm³/mol. The number of hydrogen-bond acceptors (Lipinski definition) is 3. The molecule has 0 aliphatic rings. The van der Waals surface area contributed by atoms with E-state index in [1.165, 1.54) is 0 Å². The van der Waals surface area contributed by atoms with Crippen molar-refractivity contribution in [2.45, 2.75) is 19.4 Å². The highest BCUT2D eigenvalue weighted by Gasteiger charge is 2.13. The zero-order valence-electron chi connectivity index (χ0n) is 9.37. The van der Waals surface area contributed by atoms with Crippen LogP contribution in [0.3, 0.4) is 0 Å². The first-order valence-corrected chi connectivity index (χ1v) is 4.89. The number of hydrogen-bond donors (Lipinski definition) is 1. The minimum Gasteiger partial charge on any atom is -0.481 e. The number of rotatable bonds is 4. The van der Waals surface area contributed by atoms with Crippen molar-refractivity contribution in [1.29, 1.82) is 0 Å². The molecule has 0 aliphatic carbocycles. The van der Waals surface area contributed by atoms with E-state index in [0.717, 1.165) is 12.0 Å². The van der Waals surface area contributed by atoms with E-state index < -0.39 is 0 Å². The molecule has 3 heteroatoms. The van der Waals surface area contributed by atoms with Crippen molar-refractivity contribution in [3.8, 4) is 17.7 Å². The average Bonchev–Trinajstić information content (AvgIpc) is 2.30. The van der Waals surface area contributed by atoms with E-state index in [0.29, 0.717) is 5.88 Å². The molecule has 15 heavy (non-hydrogen) atoms. The molecule has 1 rings (SSSR count). The third-order valence-electron chi connectivity index (χ3n) is 2.20. The minimum absolute atomic E-state index is 0.168. The van der Waals surface area contributed by atoms with Gasteiger partial charge in [0.15, 0.2) is 0 Å². The molecule has 0 bridgehead atoms. The summed E-state index contributed by atoms with van der Waals surface area (Å²) < 4.78 is 5.21. The van der Waals surface area contributed by atoms with Crippen LogP contribution in [0.1, 0.15) is 24.9 Å². The summed E-state index contributed by atoms with van der Waals surface area (Å²) in [6.45, 7) is 1.84. The fraction of sp³-hybridized carbons (Fsp3) is 0.417. The lowest BCUT2D eigenvalue weighted by Crippen LogP contribution is -2.17. The van der Waals surface area contributed by atoms with Crippen molar-refractivity contribution in [3.63, 3.8) is 0 Å². The van der Waals surface area contributed by atoms with Gasteiger partial charge in [0.25, 0.3) is 0 Å². The quantitative estimate of drug-likeness (QED) is 0.759. The molecular formula is C12H16N2O. The molecule has 1 aromatic heterocycles. The van der Waals surface area contributed by atoms with Gasteiger partial charge in [0, 0.05) is 24.2 Å². The summed E-state index contributed by atoms with van der Waals surface area (Å²) in [5, 5.41) is 3.21. The van der Waals surface area contributed by atoms with Crippen LogP contribution in [-0.4, -0.2) is 19.1 Å². The standard InChI is InChI=1S/C12H16N2O/c1-4-5-8-11(13-2)10-7-6-9-14-12(10)15-3/h6-7,9,11,13H,8H2,1-3H3. The van der Waals surface area contributed by atoms with Crippen molar-refractivity contribution in [1.82, 2.24) is 10.3 Å². The van der Waals surface area contributed by atoms with Crippen LogP contribution in [0.5, 0.6) is 5.88 Å². The second kappa shape index (κ2) is 6.05. The van der Waals surface area contributed by atoms with Crippen LogP contribution in [0.15, 0.2) is 18.3 Å². The second-order valence-corrected chi connectivity index (χ2v) is 3.07. The zero-order chi connectivity index (χ0) is 11.1. The van der Waals surface area contributed by atoms with Crippen molar-refractivity contribution in [3.05, 3.63) is 23.9 Å². The van der Waals surface area contributed by atoms with E-state index in [1.54, 1.807) is 13.3 Å². The predicted octanol–water partition coefficient (Wildman–Crippen LogP) is 1.76. The molecule has 0 spiro atoms. The zero-order valence-corrected chi connectivity index (χ0v) is 9.37. The molecule has 0 saturated heterocycles. The number of methoxy groups -OCH3 is 1. The molecule has 0 aromatic carbocycles. The van der Waals surface area contributed by atoms with E-state index in [9.17, 15) is 0 Å². The molecule has 1 heterocycles. The van der Waals surface area contributed by atoms with Gasteiger partial charge in [0.1, 0.15) is 0 Å². The maximum absolute atomic E-state index is 5.21. The Morgan fingerprint density at radius 3 is 3.00 bits per heavy atom. The first kappa shape index (κ1) is 11.5. The summed E-state index contributed by atoms with van der Waals surface area (Å²) in [6, 6.07) is 4.08. The smallest absolute Gasteiger partial charge is 0.217 e. The molecule has 1 atom stereocenters.